The van der Waals surface area contributed by atoms with E-state index in [0.717, 1.165) is 11.3 Å². The third-order valence-electron chi connectivity index (χ3n) is 3.37. The first-order valence-electron chi connectivity index (χ1n) is 6.44. The third kappa shape index (κ3) is 3.24. The van der Waals surface area contributed by atoms with E-state index < -0.39 is 0 Å². The second-order valence-corrected chi connectivity index (χ2v) is 4.73. The maximum Gasteiger partial charge on any atom is 0.160 e. The van der Waals surface area contributed by atoms with Gasteiger partial charge in [-0.25, -0.2) is 9.97 Å². The molecule has 0 saturated carbocycles. The summed E-state index contributed by atoms with van der Waals surface area (Å²) in [7, 11) is 3.56. The Morgan fingerprint density at radius 2 is 2.15 bits per heavy atom. The lowest BCUT2D eigenvalue weighted by atomic mass is 10.1. The van der Waals surface area contributed by atoms with Crippen molar-refractivity contribution < 1.29 is 9.84 Å². The molecule has 1 aromatic carbocycles. The highest BCUT2D eigenvalue weighted by Crippen LogP contribution is 2.27. The molecule has 0 aliphatic heterocycles. The van der Waals surface area contributed by atoms with Crippen LogP contribution in [0.15, 0.2) is 36.8 Å². The predicted octanol–water partition coefficient (Wildman–Crippen LogP) is 2.38. The summed E-state index contributed by atoms with van der Waals surface area (Å²) in [5.74, 6) is 0.647. The number of ether oxygens (including phenoxy) is 1. The lowest BCUT2D eigenvalue weighted by Crippen LogP contribution is -2.22. The minimum atomic E-state index is 0.160. The van der Waals surface area contributed by atoms with Gasteiger partial charge in [-0.3, -0.25) is 4.90 Å². The first kappa shape index (κ1) is 14.3. The maximum absolute atomic E-state index is 9.80. The van der Waals surface area contributed by atoms with Gasteiger partial charge in [0.2, 0.25) is 0 Å². The molecule has 2 rings (SSSR count). The highest BCUT2D eigenvalue weighted by molar-refractivity contribution is 5.41. The van der Waals surface area contributed by atoms with Crippen LogP contribution < -0.4 is 4.74 Å². The van der Waals surface area contributed by atoms with Gasteiger partial charge in [0.1, 0.15) is 6.33 Å². The number of hydrogen-bond acceptors (Lipinski definition) is 5. The second-order valence-electron chi connectivity index (χ2n) is 4.73. The first-order valence-corrected chi connectivity index (χ1v) is 6.44. The number of benzene rings is 1. The normalized spacial score (nSPS) is 12.4. The fraction of sp³-hybridized carbons (Fsp3) is 0.333. The molecular weight excluding hydrogens is 254 g/mol. The van der Waals surface area contributed by atoms with Gasteiger partial charge in [-0.15, -0.1) is 0 Å². The van der Waals surface area contributed by atoms with Crippen LogP contribution in [0.25, 0.3) is 0 Å². The molecular formula is C15H19N3O2. The van der Waals surface area contributed by atoms with Gasteiger partial charge >= 0.3 is 0 Å². The van der Waals surface area contributed by atoms with Crippen molar-refractivity contribution in [2.24, 2.45) is 0 Å². The number of phenols is 1. The van der Waals surface area contributed by atoms with Crippen molar-refractivity contribution in [3.05, 3.63) is 48.0 Å². The van der Waals surface area contributed by atoms with Crippen molar-refractivity contribution in [3.63, 3.8) is 0 Å². The summed E-state index contributed by atoms with van der Waals surface area (Å²) < 4.78 is 5.04. The Labute approximate surface area is 118 Å². The Bertz CT molecular complexity index is 560. The van der Waals surface area contributed by atoms with Gasteiger partial charge in [0.25, 0.3) is 0 Å². The van der Waals surface area contributed by atoms with Crippen LogP contribution in [-0.2, 0) is 6.54 Å². The number of nitrogens with zero attached hydrogens (tertiary/aromatic N) is 3. The van der Waals surface area contributed by atoms with Crippen LogP contribution in [0.5, 0.6) is 11.5 Å². The van der Waals surface area contributed by atoms with Crippen LogP contribution in [0.4, 0.5) is 0 Å². The van der Waals surface area contributed by atoms with E-state index in [1.165, 1.54) is 7.11 Å². The summed E-state index contributed by atoms with van der Waals surface area (Å²) in [5, 5.41) is 9.80. The van der Waals surface area contributed by atoms with E-state index in [-0.39, 0.29) is 11.8 Å². The molecule has 20 heavy (non-hydrogen) atoms. The highest BCUT2D eigenvalue weighted by atomic mass is 16.5. The molecule has 0 unspecified atom stereocenters. The van der Waals surface area contributed by atoms with Crippen molar-refractivity contribution in [1.29, 1.82) is 0 Å². The molecule has 0 radical (unpaired) electrons. The molecule has 1 N–H and O–H groups in total. The third-order valence-corrected chi connectivity index (χ3v) is 3.37. The van der Waals surface area contributed by atoms with Crippen molar-refractivity contribution in [2.45, 2.75) is 19.5 Å². The fourth-order valence-electron chi connectivity index (χ4n) is 2.03. The van der Waals surface area contributed by atoms with Crippen molar-refractivity contribution >= 4 is 0 Å². The summed E-state index contributed by atoms with van der Waals surface area (Å²) in [6.07, 6.45) is 3.30. The number of hydrogen-bond donors (Lipinski definition) is 1. The number of aromatic nitrogens is 2. The molecule has 2 aromatic rings. The molecule has 0 aliphatic rings. The zero-order valence-electron chi connectivity index (χ0n) is 11.9. The van der Waals surface area contributed by atoms with Crippen molar-refractivity contribution in [3.8, 4) is 11.5 Å². The molecule has 0 amide bonds. The Kier molecular flexibility index (Phi) is 4.53. The van der Waals surface area contributed by atoms with Crippen molar-refractivity contribution in [2.75, 3.05) is 14.2 Å². The number of methoxy groups -OCH3 is 1. The smallest absolute Gasteiger partial charge is 0.160 e. The van der Waals surface area contributed by atoms with Crippen LogP contribution in [0.3, 0.4) is 0 Å². The minimum Gasteiger partial charge on any atom is -0.504 e. The molecule has 0 aliphatic carbocycles. The van der Waals surface area contributed by atoms with Gasteiger partial charge in [0, 0.05) is 18.8 Å². The Balaban J connectivity index is 2.08. The number of phenolic OH excluding ortho intramolecular Hbond substituents is 1. The topological polar surface area (TPSA) is 58.5 Å². The molecule has 1 aromatic heterocycles. The van der Waals surface area contributed by atoms with Gasteiger partial charge in [-0.1, -0.05) is 6.07 Å². The lowest BCUT2D eigenvalue weighted by Gasteiger charge is -2.24. The zero-order chi connectivity index (χ0) is 14.5. The number of aromatic hydroxyl groups is 1. The molecule has 1 heterocycles. The van der Waals surface area contributed by atoms with Crippen molar-refractivity contribution in [1.82, 2.24) is 14.9 Å². The second kappa shape index (κ2) is 6.34. The van der Waals surface area contributed by atoms with E-state index in [0.29, 0.717) is 12.3 Å². The van der Waals surface area contributed by atoms with E-state index in [9.17, 15) is 5.11 Å². The SMILES string of the molecule is COc1ccc(CN(C)[C@@H](C)c2ccncn2)cc1O. The lowest BCUT2D eigenvalue weighted by molar-refractivity contribution is 0.248. The summed E-state index contributed by atoms with van der Waals surface area (Å²) >= 11 is 0. The van der Waals surface area contributed by atoms with Gasteiger partial charge < -0.3 is 9.84 Å². The van der Waals surface area contributed by atoms with E-state index in [4.69, 9.17) is 4.74 Å². The molecule has 0 bridgehead atoms. The number of rotatable bonds is 5. The molecule has 5 nitrogen and oxygen atoms in total. The van der Waals surface area contributed by atoms with Crippen LogP contribution >= 0.6 is 0 Å². The maximum atomic E-state index is 9.80. The van der Waals surface area contributed by atoms with E-state index in [1.54, 1.807) is 24.7 Å². The Morgan fingerprint density at radius 3 is 2.75 bits per heavy atom. The molecule has 0 spiro atoms. The molecule has 0 saturated heterocycles. The largest absolute Gasteiger partial charge is 0.504 e. The van der Waals surface area contributed by atoms with Crippen LogP contribution in [-0.4, -0.2) is 34.1 Å². The van der Waals surface area contributed by atoms with E-state index >= 15 is 0 Å². The van der Waals surface area contributed by atoms with Gasteiger partial charge in [0.05, 0.1) is 12.8 Å². The van der Waals surface area contributed by atoms with Crippen LogP contribution in [0, 0.1) is 0 Å². The molecule has 5 heteroatoms. The Hall–Kier alpha value is -2.14. The zero-order valence-corrected chi connectivity index (χ0v) is 11.9. The van der Waals surface area contributed by atoms with Crippen LogP contribution in [0.1, 0.15) is 24.2 Å². The van der Waals surface area contributed by atoms with Gasteiger partial charge in [0.15, 0.2) is 11.5 Å². The van der Waals surface area contributed by atoms with Gasteiger partial charge in [-0.05, 0) is 37.7 Å². The minimum absolute atomic E-state index is 0.160. The first-order chi connectivity index (χ1) is 9.61. The van der Waals surface area contributed by atoms with Crippen LogP contribution in [0.2, 0.25) is 0 Å². The predicted molar refractivity (Wildman–Crippen MR) is 76.6 cm³/mol. The monoisotopic (exact) mass is 273 g/mol. The summed E-state index contributed by atoms with van der Waals surface area (Å²) in [6.45, 7) is 2.80. The molecule has 106 valence electrons. The summed E-state index contributed by atoms with van der Waals surface area (Å²) in [5.41, 5.74) is 1.99. The quantitative estimate of drug-likeness (QED) is 0.906. The Morgan fingerprint density at radius 1 is 1.35 bits per heavy atom. The molecule has 1 atom stereocenters. The van der Waals surface area contributed by atoms with E-state index in [1.807, 2.05) is 19.2 Å². The fourth-order valence-corrected chi connectivity index (χ4v) is 2.03. The summed E-state index contributed by atoms with van der Waals surface area (Å²) in [4.78, 5) is 10.3. The standard InChI is InChI=1S/C15H19N3O2/c1-11(13-6-7-16-10-17-13)18(2)9-12-4-5-15(20-3)14(19)8-12/h4-8,10-11,19H,9H2,1-3H3/t11-/m0/s1. The average molecular weight is 273 g/mol. The average Bonchev–Trinajstić information content (AvgIpc) is 2.47. The van der Waals surface area contributed by atoms with E-state index in [2.05, 4.69) is 21.8 Å². The van der Waals surface area contributed by atoms with Gasteiger partial charge in [-0.2, -0.15) is 0 Å². The highest BCUT2D eigenvalue weighted by Gasteiger charge is 2.13. The summed E-state index contributed by atoms with van der Waals surface area (Å²) in [6, 6.07) is 7.52. The molecule has 0 fully saturated rings.